The molecule has 0 radical (unpaired) electrons. The minimum atomic E-state index is -0.826. The Labute approximate surface area is 104 Å². The van der Waals surface area contributed by atoms with Crippen LogP contribution in [0.3, 0.4) is 0 Å². The summed E-state index contributed by atoms with van der Waals surface area (Å²) in [6.45, 7) is 5.09. The molecule has 1 aromatic carbocycles. The van der Waals surface area contributed by atoms with Gasteiger partial charge < -0.3 is 9.88 Å². The Hall–Kier alpha value is -1.91. The van der Waals surface area contributed by atoms with E-state index in [2.05, 4.69) is 10.3 Å². The monoisotopic (exact) mass is 251 g/mol. The van der Waals surface area contributed by atoms with E-state index in [9.17, 15) is 8.78 Å². The Kier molecular flexibility index (Phi) is 3.60. The van der Waals surface area contributed by atoms with Crippen LogP contribution in [0.4, 0.5) is 14.7 Å². The highest BCUT2D eigenvalue weighted by Crippen LogP contribution is 2.14. The molecule has 3 nitrogen and oxygen atoms in total. The van der Waals surface area contributed by atoms with Crippen molar-refractivity contribution in [3.05, 3.63) is 47.3 Å². The Balaban J connectivity index is 2.24. The number of anilines is 1. The van der Waals surface area contributed by atoms with Crippen molar-refractivity contribution >= 4 is 5.95 Å². The first kappa shape index (κ1) is 12.5. The summed E-state index contributed by atoms with van der Waals surface area (Å²) in [5.41, 5.74) is 1.58. The Morgan fingerprint density at radius 3 is 2.72 bits per heavy atom. The van der Waals surface area contributed by atoms with Crippen molar-refractivity contribution in [2.75, 3.05) is 11.9 Å². The number of hydrogen-bond donors (Lipinski definition) is 1. The summed E-state index contributed by atoms with van der Waals surface area (Å²) < 4.78 is 27.8. The fraction of sp³-hybridized carbons (Fsp3) is 0.308. The average Bonchev–Trinajstić information content (AvgIpc) is 2.65. The third kappa shape index (κ3) is 2.67. The van der Waals surface area contributed by atoms with E-state index < -0.39 is 11.6 Å². The van der Waals surface area contributed by atoms with Crippen LogP contribution in [-0.2, 0) is 6.54 Å². The van der Waals surface area contributed by atoms with E-state index in [1.807, 2.05) is 24.6 Å². The van der Waals surface area contributed by atoms with Gasteiger partial charge in [0.05, 0.1) is 12.2 Å². The fourth-order valence-corrected chi connectivity index (χ4v) is 1.80. The van der Waals surface area contributed by atoms with Crippen molar-refractivity contribution < 1.29 is 8.78 Å². The lowest BCUT2D eigenvalue weighted by Crippen LogP contribution is -2.07. The summed E-state index contributed by atoms with van der Waals surface area (Å²) in [6.07, 6.45) is 1.87. The van der Waals surface area contributed by atoms with Crippen LogP contribution in [0.2, 0.25) is 0 Å². The Bertz CT molecular complexity index is 549. The van der Waals surface area contributed by atoms with E-state index in [4.69, 9.17) is 0 Å². The molecule has 0 bridgehead atoms. The summed E-state index contributed by atoms with van der Waals surface area (Å²) >= 11 is 0. The molecule has 0 spiro atoms. The lowest BCUT2D eigenvalue weighted by Gasteiger charge is -2.08. The van der Waals surface area contributed by atoms with Crippen LogP contribution < -0.4 is 5.32 Å². The zero-order valence-corrected chi connectivity index (χ0v) is 10.4. The topological polar surface area (TPSA) is 29.9 Å². The second kappa shape index (κ2) is 5.16. The summed E-state index contributed by atoms with van der Waals surface area (Å²) in [5.74, 6) is -0.915. The van der Waals surface area contributed by atoms with Crippen LogP contribution in [0.5, 0.6) is 0 Å². The van der Waals surface area contributed by atoms with E-state index in [-0.39, 0.29) is 0 Å². The first-order valence-electron chi connectivity index (χ1n) is 5.81. The van der Waals surface area contributed by atoms with Crippen LogP contribution >= 0.6 is 0 Å². The maximum Gasteiger partial charge on any atom is 0.203 e. The van der Waals surface area contributed by atoms with Gasteiger partial charge >= 0.3 is 0 Å². The Morgan fingerprint density at radius 2 is 2.06 bits per heavy atom. The normalized spacial score (nSPS) is 10.7. The second-order valence-corrected chi connectivity index (χ2v) is 4.11. The Morgan fingerprint density at radius 1 is 1.28 bits per heavy atom. The molecular formula is C13H15F2N3. The van der Waals surface area contributed by atoms with Gasteiger partial charge in [0.15, 0.2) is 11.6 Å². The summed E-state index contributed by atoms with van der Waals surface area (Å²) in [4.78, 5) is 4.32. The van der Waals surface area contributed by atoms with E-state index in [1.54, 1.807) is 6.07 Å². The highest BCUT2D eigenvalue weighted by Gasteiger charge is 2.07. The van der Waals surface area contributed by atoms with E-state index in [0.29, 0.717) is 12.1 Å². The van der Waals surface area contributed by atoms with Crippen molar-refractivity contribution in [2.24, 2.45) is 0 Å². The van der Waals surface area contributed by atoms with Crippen molar-refractivity contribution in [1.82, 2.24) is 9.55 Å². The van der Waals surface area contributed by atoms with Gasteiger partial charge in [-0.25, -0.2) is 13.8 Å². The van der Waals surface area contributed by atoms with Gasteiger partial charge in [0, 0.05) is 12.7 Å². The van der Waals surface area contributed by atoms with Gasteiger partial charge in [-0.2, -0.15) is 0 Å². The molecule has 0 fully saturated rings. The molecule has 1 N–H and O–H groups in total. The van der Waals surface area contributed by atoms with Crippen molar-refractivity contribution in [1.29, 1.82) is 0 Å². The number of nitrogens with zero attached hydrogens (tertiary/aromatic N) is 2. The number of benzene rings is 1. The molecule has 0 aliphatic carbocycles. The van der Waals surface area contributed by atoms with Gasteiger partial charge in [0.1, 0.15) is 0 Å². The molecule has 0 amide bonds. The van der Waals surface area contributed by atoms with Gasteiger partial charge in [-0.3, -0.25) is 0 Å². The molecule has 0 atom stereocenters. The maximum atomic E-state index is 13.1. The van der Waals surface area contributed by atoms with Gasteiger partial charge in [-0.1, -0.05) is 6.07 Å². The minimum Gasteiger partial charge on any atom is -0.356 e. The second-order valence-electron chi connectivity index (χ2n) is 4.11. The largest absolute Gasteiger partial charge is 0.356 e. The molecule has 0 saturated heterocycles. The number of nitrogens with one attached hydrogen (secondary N) is 1. The summed E-state index contributed by atoms with van der Waals surface area (Å²) in [5, 5.41) is 3.13. The van der Waals surface area contributed by atoms with Crippen molar-refractivity contribution in [2.45, 2.75) is 20.4 Å². The molecule has 0 saturated carbocycles. The van der Waals surface area contributed by atoms with Crippen LogP contribution in [-0.4, -0.2) is 16.1 Å². The number of aryl methyl sites for hydroxylation is 1. The number of halogens is 2. The van der Waals surface area contributed by atoms with Crippen molar-refractivity contribution in [3.8, 4) is 0 Å². The van der Waals surface area contributed by atoms with E-state index in [0.717, 1.165) is 24.3 Å². The highest BCUT2D eigenvalue weighted by molar-refractivity contribution is 5.30. The predicted molar refractivity (Wildman–Crippen MR) is 66.6 cm³/mol. The quantitative estimate of drug-likeness (QED) is 0.905. The average molecular weight is 251 g/mol. The summed E-state index contributed by atoms with van der Waals surface area (Å²) in [7, 11) is 0. The van der Waals surface area contributed by atoms with Crippen molar-refractivity contribution in [3.63, 3.8) is 0 Å². The molecular weight excluding hydrogens is 236 g/mol. The van der Waals surface area contributed by atoms with Gasteiger partial charge in [-0.05, 0) is 31.5 Å². The van der Waals surface area contributed by atoms with Gasteiger partial charge in [0.25, 0.3) is 0 Å². The number of hydrogen-bond acceptors (Lipinski definition) is 2. The van der Waals surface area contributed by atoms with E-state index >= 15 is 0 Å². The number of imidazole rings is 1. The lowest BCUT2D eigenvalue weighted by atomic mass is 10.2. The zero-order valence-electron chi connectivity index (χ0n) is 10.4. The first-order valence-corrected chi connectivity index (χ1v) is 5.81. The molecule has 18 heavy (non-hydrogen) atoms. The highest BCUT2D eigenvalue weighted by atomic mass is 19.2. The number of aromatic nitrogens is 2. The molecule has 0 unspecified atom stereocenters. The maximum absolute atomic E-state index is 13.1. The van der Waals surface area contributed by atoms with Crippen LogP contribution in [0.25, 0.3) is 0 Å². The zero-order chi connectivity index (χ0) is 13.1. The minimum absolute atomic E-state index is 0.459. The molecule has 1 aromatic heterocycles. The smallest absolute Gasteiger partial charge is 0.203 e. The fourth-order valence-electron chi connectivity index (χ4n) is 1.80. The first-order chi connectivity index (χ1) is 8.60. The van der Waals surface area contributed by atoms with Crippen LogP contribution in [0.1, 0.15) is 18.2 Å². The predicted octanol–water partition coefficient (Wildman–Crippen LogP) is 2.95. The molecule has 1 heterocycles. The molecule has 96 valence electrons. The third-order valence-corrected chi connectivity index (χ3v) is 2.57. The molecule has 2 rings (SSSR count). The standard InChI is InChI=1S/C13H15F2N3/c1-3-16-13-17-9(2)7-18(13)8-10-4-5-11(14)12(15)6-10/h4-7H,3,8H2,1-2H3,(H,16,17). The molecule has 0 aliphatic rings. The van der Waals surface area contributed by atoms with Crippen LogP contribution in [0, 0.1) is 18.6 Å². The molecule has 0 aliphatic heterocycles. The third-order valence-electron chi connectivity index (χ3n) is 2.57. The number of rotatable bonds is 4. The van der Waals surface area contributed by atoms with Crippen LogP contribution in [0.15, 0.2) is 24.4 Å². The van der Waals surface area contributed by atoms with Gasteiger partial charge in [-0.15, -0.1) is 0 Å². The lowest BCUT2D eigenvalue weighted by molar-refractivity contribution is 0.506. The molecule has 2 aromatic rings. The SMILES string of the molecule is CCNc1nc(C)cn1Cc1ccc(F)c(F)c1. The molecule has 5 heteroatoms. The van der Waals surface area contributed by atoms with Gasteiger partial charge in [0.2, 0.25) is 5.95 Å². The summed E-state index contributed by atoms with van der Waals surface area (Å²) in [6, 6.07) is 3.92. The van der Waals surface area contributed by atoms with E-state index in [1.165, 1.54) is 6.07 Å².